The second kappa shape index (κ2) is 8.67. The Morgan fingerprint density at radius 3 is 2.52 bits per heavy atom. The van der Waals surface area contributed by atoms with Crippen molar-refractivity contribution in [2.24, 2.45) is 0 Å². The molecule has 4 rings (SSSR count). The Morgan fingerprint density at radius 2 is 1.85 bits per heavy atom. The highest BCUT2D eigenvalue weighted by atomic mass is 32.1. The first-order valence-electron chi connectivity index (χ1n) is 9.69. The fraction of sp³-hybridized carbons (Fsp3) is 0.0870. The van der Waals surface area contributed by atoms with Gasteiger partial charge in [0.15, 0.2) is 5.11 Å². The van der Waals surface area contributed by atoms with Crippen molar-refractivity contribution in [3.8, 4) is 17.1 Å². The van der Waals surface area contributed by atoms with Crippen LogP contribution < -0.4 is 15.0 Å². The number of hydrogen-bond donors (Lipinski definition) is 1. The molecule has 0 atom stereocenters. The molecule has 9 nitrogen and oxygen atoms in total. The van der Waals surface area contributed by atoms with Crippen molar-refractivity contribution in [3.05, 3.63) is 81.6 Å². The van der Waals surface area contributed by atoms with Crippen molar-refractivity contribution in [1.29, 1.82) is 0 Å². The van der Waals surface area contributed by atoms with Crippen molar-refractivity contribution in [3.63, 3.8) is 0 Å². The lowest BCUT2D eigenvalue weighted by atomic mass is 10.1. The summed E-state index contributed by atoms with van der Waals surface area (Å²) in [6.45, 7) is 1.80. The van der Waals surface area contributed by atoms with Gasteiger partial charge in [-0.05, 0) is 67.2 Å². The fourth-order valence-electron chi connectivity index (χ4n) is 3.33. The van der Waals surface area contributed by atoms with Crippen LogP contribution in [0.1, 0.15) is 11.3 Å². The number of hydrogen-bond acceptors (Lipinski definition) is 7. The van der Waals surface area contributed by atoms with Gasteiger partial charge in [-0.1, -0.05) is 6.07 Å². The van der Waals surface area contributed by atoms with E-state index in [-0.39, 0.29) is 22.1 Å². The van der Waals surface area contributed by atoms with Crippen molar-refractivity contribution in [2.75, 3.05) is 12.0 Å². The van der Waals surface area contributed by atoms with Crippen molar-refractivity contribution in [2.45, 2.75) is 6.92 Å². The van der Waals surface area contributed by atoms with E-state index in [9.17, 15) is 19.7 Å². The van der Waals surface area contributed by atoms with Crippen molar-refractivity contribution >= 4 is 46.6 Å². The molecule has 2 amide bonds. The van der Waals surface area contributed by atoms with Gasteiger partial charge in [0.1, 0.15) is 22.8 Å². The molecular weight excluding hydrogens is 446 g/mol. The average Bonchev–Trinajstić information content (AvgIpc) is 3.25. The molecule has 166 valence electrons. The number of nitro benzene ring substituents is 1. The van der Waals surface area contributed by atoms with Crippen LogP contribution in [0.4, 0.5) is 11.4 Å². The minimum absolute atomic E-state index is 0.0420. The van der Waals surface area contributed by atoms with Gasteiger partial charge >= 0.3 is 0 Å². The number of thiocarbonyl (C=S) groups is 1. The summed E-state index contributed by atoms with van der Waals surface area (Å²) in [6, 6.07) is 14.3. The second-order valence-corrected chi connectivity index (χ2v) is 7.50. The van der Waals surface area contributed by atoms with E-state index >= 15 is 0 Å². The highest BCUT2D eigenvalue weighted by molar-refractivity contribution is 7.80. The predicted octanol–water partition coefficient (Wildman–Crippen LogP) is 4.00. The average molecular weight is 463 g/mol. The van der Waals surface area contributed by atoms with Crippen LogP contribution in [-0.2, 0) is 9.59 Å². The number of furan rings is 1. The van der Waals surface area contributed by atoms with Crippen LogP contribution in [-0.4, -0.2) is 29.0 Å². The maximum absolute atomic E-state index is 13.1. The zero-order valence-corrected chi connectivity index (χ0v) is 18.3. The van der Waals surface area contributed by atoms with Gasteiger partial charge in [-0.15, -0.1) is 0 Å². The zero-order chi connectivity index (χ0) is 23.7. The fourth-order valence-corrected chi connectivity index (χ4v) is 3.61. The first kappa shape index (κ1) is 21.9. The summed E-state index contributed by atoms with van der Waals surface area (Å²) in [7, 11) is 1.53. The number of amides is 2. The standard InChI is InChI=1S/C23H17N3O6S/c1-13-3-4-15(26(29)30)11-18(13)20-10-9-17(32-20)12-19-21(27)24-23(33)25(22(19)28)14-5-7-16(31-2)8-6-14/h3-12H,1-2H3,(H,24,27,33)/b19-12+. The molecule has 2 aromatic carbocycles. The van der Waals surface area contributed by atoms with Gasteiger partial charge < -0.3 is 9.15 Å². The highest BCUT2D eigenvalue weighted by Crippen LogP contribution is 2.30. The van der Waals surface area contributed by atoms with Crippen molar-refractivity contribution < 1.29 is 23.7 Å². The van der Waals surface area contributed by atoms with Gasteiger partial charge in [-0.2, -0.15) is 0 Å². The molecule has 0 unspecified atom stereocenters. The Hall–Kier alpha value is -4.31. The number of carbonyl (C=O) groups is 2. The van der Waals surface area contributed by atoms with Crippen LogP contribution in [0.5, 0.6) is 5.75 Å². The second-order valence-electron chi connectivity index (χ2n) is 7.11. The molecule has 33 heavy (non-hydrogen) atoms. The largest absolute Gasteiger partial charge is 0.497 e. The molecule has 0 saturated carbocycles. The summed E-state index contributed by atoms with van der Waals surface area (Å²) >= 11 is 5.19. The third-order valence-electron chi connectivity index (χ3n) is 5.04. The molecule has 1 aromatic heterocycles. The molecule has 1 fully saturated rings. The molecule has 0 spiro atoms. The summed E-state index contributed by atoms with van der Waals surface area (Å²) < 4.78 is 10.9. The third kappa shape index (κ3) is 4.23. The predicted molar refractivity (Wildman–Crippen MR) is 125 cm³/mol. The molecule has 10 heteroatoms. The molecule has 1 aliphatic rings. The summed E-state index contributed by atoms with van der Waals surface area (Å²) in [5.74, 6) is -0.0581. The Kier molecular flexibility index (Phi) is 5.76. The van der Waals surface area contributed by atoms with Gasteiger partial charge in [0.05, 0.1) is 17.7 Å². The van der Waals surface area contributed by atoms with E-state index in [1.54, 1.807) is 49.4 Å². The number of anilines is 1. The Balaban J connectivity index is 1.67. The molecule has 0 radical (unpaired) electrons. The minimum Gasteiger partial charge on any atom is -0.497 e. The number of nitrogens with one attached hydrogen (secondary N) is 1. The van der Waals surface area contributed by atoms with Gasteiger partial charge in [-0.3, -0.25) is 29.9 Å². The summed E-state index contributed by atoms with van der Waals surface area (Å²) in [4.78, 5) is 37.4. The first-order chi connectivity index (χ1) is 15.8. The molecule has 2 heterocycles. The summed E-state index contributed by atoms with van der Waals surface area (Å²) in [5.41, 5.74) is 1.53. The van der Waals surface area contributed by atoms with E-state index in [1.165, 1.54) is 30.2 Å². The number of non-ortho nitro benzene ring substituents is 1. The lowest BCUT2D eigenvalue weighted by Crippen LogP contribution is -2.54. The first-order valence-corrected chi connectivity index (χ1v) is 10.1. The Bertz CT molecular complexity index is 1330. The topological polar surface area (TPSA) is 115 Å². The Morgan fingerprint density at radius 1 is 1.12 bits per heavy atom. The molecule has 1 N–H and O–H groups in total. The molecule has 1 aliphatic heterocycles. The highest BCUT2D eigenvalue weighted by Gasteiger charge is 2.34. The maximum atomic E-state index is 13.1. The molecule has 1 saturated heterocycles. The zero-order valence-electron chi connectivity index (χ0n) is 17.5. The van der Waals surface area contributed by atoms with Crippen LogP contribution in [0.2, 0.25) is 0 Å². The minimum atomic E-state index is -0.653. The maximum Gasteiger partial charge on any atom is 0.270 e. The number of rotatable bonds is 5. The quantitative estimate of drug-likeness (QED) is 0.200. The SMILES string of the molecule is COc1ccc(N2C(=O)/C(=C/c3ccc(-c4cc([N+](=O)[O-])ccc4C)o3)C(=O)NC2=S)cc1. The number of carbonyl (C=O) groups excluding carboxylic acids is 2. The van der Waals surface area contributed by atoms with E-state index in [0.717, 1.165) is 5.56 Å². The monoisotopic (exact) mass is 463 g/mol. The number of methoxy groups -OCH3 is 1. The normalized spacial score (nSPS) is 15.0. The number of nitro groups is 1. The van der Waals surface area contributed by atoms with E-state index in [0.29, 0.717) is 22.8 Å². The number of ether oxygens (including phenoxy) is 1. The van der Waals surface area contributed by atoms with E-state index in [1.807, 2.05) is 0 Å². The van der Waals surface area contributed by atoms with Gasteiger partial charge in [0, 0.05) is 17.7 Å². The molecule has 0 aliphatic carbocycles. The van der Waals surface area contributed by atoms with Crippen LogP contribution in [0.15, 0.2) is 64.6 Å². The van der Waals surface area contributed by atoms with E-state index in [4.69, 9.17) is 21.4 Å². The summed E-state index contributed by atoms with van der Waals surface area (Å²) in [6.07, 6.45) is 1.31. The summed E-state index contributed by atoms with van der Waals surface area (Å²) in [5, 5.41) is 13.6. The molecule has 3 aromatic rings. The van der Waals surface area contributed by atoms with Gasteiger partial charge in [0.2, 0.25) is 0 Å². The van der Waals surface area contributed by atoms with Gasteiger partial charge in [-0.25, -0.2) is 0 Å². The third-order valence-corrected chi connectivity index (χ3v) is 5.33. The Labute approximate surface area is 193 Å². The lowest BCUT2D eigenvalue weighted by molar-refractivity contribution is -0.384. The van der Waals surface area contributed by atoms with Crippen LogP contribution >= 0.6 is 12.2 Å². The van der Waals surface area contributed by atoms with Crippen LogP contribution in [0, 0.1) is 17.0 Å². The number of nitrogens with zero attached hydrogens (tertiary/aromatic N) is 2. The number of benzene rings is 2. The molecule has 0 bridgehead atoms. The lowest BCUT2D eigenvalue weighted by Gasteiger charge is -2.28. The van der Waals surface area contributed by atoms with Gasteiger partial charge in [0.25, 0.3) is 17.5 Å². The van der Waals surface area contributed by atoms with Crippen LogP contribution in [0.3, 0.4) is 0 Å². The van der Waals surface area contributed by atoms with Crippen LogP contribution in [0.25, 0.3) is 17.4 Å². The molecular formula is C23H17N3O6S. The number of aryl methyl sites for hydroxylation is 1. The smallest absolute Gasteiger partial charge is 0.270 e. The van der Waals surface area contributed by atoms with Crippen molar-refractivity contribution in [1.82, 2.24) is 5.32 Å². The van der Waals surface area contributed by atoms with E-state index in [2.05, 4.69) is 5.32 Å². The van der Waals surface area contributed by atoms with E-state index < -0.39 is 16.7 Å².